The highest BCUT2D eigenvalue weighted by atomic mass is 16.6. The lowest BCUT2D eigenvalue weighted by Gasteiger charge is -2.41. The van der Waals surface area contributed by atoms with Crippen LogP contribution in [-0.4, -0.2) is 149 Å². The molecule has 83 heavy (non-hydrogen) atoms. The van der Waals surface area contributed by atoms with E-state index in [0.717, 1.165) is 25.7 Å². The van der Waals surface area contributed by atoms with Crippen LogP contribution in [0.5, 0.6) is 23.0 Å². The molecule has 0 unspecified atom stereocenters. The molecule has 0 bridgehead atoms. The van der Waals surface area contributed by atoms with Crippen LogP contribution in [0.1, 0.15) is 188 Å². The van der Waals surface area contributed by atoms with Gasteiger partial charge >= 0.3 is 12.2 Å². The monoisotopic (exact) mass is 1150 g/mol. The third-order valence-electron chi connectivity index (χ3n) is 17.8. The van der Waals surface area contributed by atoms with E-state index in [-0.39, 0.29) is 74.1 Å². The Bertz CT molecular complexity index is 2840. The van der Waals surface area contributed by atoms with Crippen molar-refractivity contribution in [1.29, 1.82) is 0 Å². The van der Waals surface area contributed by atoms with Crippen LogP contribution >= 0.6 is 0 Å². The van der Waals surface area contributed by atoms with Crippen molar-refractivity contribution in [2.75, 3.05) is 46.9 Å². The largest absolute Gasteiger partial charge is 0.484 e. The minimum absolute atomic E-state index is 0.00262. The van der Waals surface area contributed by atoms with Crippen molar-refractivity contribution in [1.82, 2.24) is 19.6 Å². The lowest BCUT2D eigenvalue weighted by molar-refractivity contribution is -0.141. The molecule has 0 aliphatic carbocycles. The number of piperidine rings is 2. The van der Waals surface area contributed by atoms with Crippen LogP contribution in [0.3, 0.4) is 0 Å². The standard InChI is InChI=1S/C65H90N4O14/c1-41(2)16-11-18-43(5)20-13-27-64(7)55(71)36-49-53(80-62(75)66-30-23-45(77-9)24-31-66)34-47-51(58(49)82-64)38-68(60(47)73)29-15-22-57(79-40-70)69-39-52-48(61(69)74)35-54(81-63(76)67-32-25-46(78-10)26-33-67)50-37-56(72)65(8,83-59(50)52)28-14-21-44(6)19-12-17-42(3)4/h16-17,20-21,34-35,40,45-46,55-57,71-72H,11-15,18-19,22-33,36-39H2,1-10H3/b43-20+,44-21+/t55-,56-,57+,64+,65+/m0/s1. The van der Waals surface area contributed by atoms with Gasteiger partial charge in [0, 0.05) is 88.5 Å². The third kappa shape index (κ3) is 14.8. The number of methoxy groups -OCH3 is 2. The number of hydrogen-bond donors (Lipinski definition) is 2. The van der Waals surface area contributed by atoms with Crippen molar-refractivity contribution in [3.63, 3.8) is 0 Å². The van der Waals surface area contributed by atoms with Crippen LogP contribution in [0.25, 0.3) is 0 Å². The average Bonchev–Trinajstić information content (AvgIpc) is 3.30. The van der Waals surface area contributed by atoms with Gasteiger partial charge < -0.3 is 58.1 Å². The SMILES string of the molecule is COC1CCN(C(=O)Oc2cc3c(c4c2C[C@H](O)[C@@](C)(CC/C=C(\C)CCC=C(C)C)O4)CN(CCC[C@@H](OC=O)N2Cc4c(cc(OC(=O)N5CCC(OC)CC5)c5c4O[C@](C)(CC/C=C(\C)CCC=C(C)C)[C@@H](O)C5)C2=O)C3=O)CC1. The van der Waals surface area contributed by atoms with Gasteiger partial charge in [-0.1, -0.05) is 46.6 Å². The second-order valence-electron chi connectivity index (χ2n) is 24.6. The van der Waals surface area contributed by atoms with Gasteiger partial charge in [-0.2, -0.15) is 0 Å². The lowest BCUT2D eigenvalue weighted by atomic mass is 9.84. The van der Waals surface area contributed by atoms with Crippen LogP contribution in [0, 0.1) is 0 Å². The third-order valence-corrected chi connectivity index (χ3v) is 17.8. The number of likely N-dealkylation sites (tertiary alicyclic amines) is 2. The van der Waals surface area contributed by atoms with E-state index in [0.29, 0.717) is 130 Å². The topological polar surface area (TPSA) is 203 Å². The Morgan fingerprint density at radius 3 is 1.53 bits per heavy atom. The van der Waals surface area contributed by atoms with Crippen molar-refractivity contribution in [3.05, 3.63) is 92.1 Å². The minimum Gasteiger partial charge on any atom is -0.484 e. The molecule has 2 saturated heterocycles. The van der Waals surface area contributed by atoms with Crippen molar-refractivity contribution in [2.24, 2.45) is 0 Å². The van der Waals surface area contributed by atoms with E-state index in [4.69, 9.17) is 33.2 Å². The van der Waals surface area contributed by atoms with Gasteiger partial charge in [0.2, 0.25) is 0 Å². The zero-order valence-corrected chi connectivity index (χ0v) is 50.8. The maximum Gasteiger partial charge on any atom is 0.415 e. The summed E-state index contributed by atoms with van der Waals surface area (Å²) >= 11 is 0. The highest BCUT2D eigenvalue weighted by molar-refractivity contribution is 6.01. The number of carbonyl (C=O) groups is 5. The molecule has 0 saturated carbocycles. The number of amides is 4. The molecule has 2 aromatic carbocycles. The Morgan fingerprint density at radius 2 is 1.10 bits per heavy atom. The number of aliphatic hydroxyl groups excluding tert-OH is 2. The van der Waals surface area contributed by atoms with E-state index in [1.165, 1.54) is 33.3 Å². The number of carbonyl (C=O) groups excluding carboxylic acids is 5. The van der Waals surface area contributed by atoms with Crippen LogP contribution < -0.4 is 18.9 Å². The molecule has 2 fully saturated rings. The van der Waals surface area contributed by atoms with Crippen molar-refractivity contribution in [2.45, 2.75) is 213 Å². The fourth-order valence-electron chi connectivity index (χ4n) is 12.3. The number of allylic oxidation sites excluding steroid dienone is 8. The van der Waals surface area contributed by atoms with E-state index in [1.807, 2.05) is 13.8 Å². The number of hydrogen-bond acceptors (Lipinski definition) is 14. The number of ether oxygens (including phenoxy) is 7. The first kappa shape index (κ1) is 62.8. The number of aliphatic hydroxyl groups is 2. The molecule has 8 rings (SSSR count). The quantitative estimate of drug-likeness (QED) is 0.0785. The number of benzene rings is 2. The molecule has 0 radical (unpaired) electrons. The molecule has 454 valence electrons. The summed E-state index contributed by atoms with van der Waals surface area (Å²) in [5.41, 5.74) is 5.65. The molecule has 4 amide bonds. The van der Waals surface area contributed by atoms with Gasteiger partial charge in [0.05, 0.1) is 48.6 Å². The Kier molecular flexibility index (Phi) is 20.9. The van der Waals surface area contributed by atoms with Crippen LogP contribution in [0.15, 0.2) is 58.7 Å². The van der Waals surface area contributed by atoms with Crippen molar-refractivity contribution < 1.29 is 67.3 Å². The molecule has 5 atom stereocenters. The summed E-state index contributed by atoms with van der Waals surface area (Å²) < 4.78 is 42.7. The smallest absolute Gasteiger partial charge is 0.415 e. The van der Waals surface area contributed by atoms with Gasteiger partial charge in [0.25, 0.3) is 18.3 Å². The molecule has 18 heteroatoms. The van der Waals surface area contributed by atoms with Crippen LogP contribution in [0.4, 0.5) is 9.59 Å². The van der Waals surface area contributed by atoms with Gasteiger partial charge in [-0.3, -0.25) is 19.3 Å². The maximum absolute atomic E-state index is 14.7. The molecule has 2 N–H and O–H groups in total. The second-order valence-corrected chi connectivity index (χ2v) is 24.6. The van der Waals surface area contributed by atoms with E-state index < -0.39 is 47.7 Å². The zero-order chi connectivity index (χ0) is 59.8. The molecule has 6 aliphatic rings. The molecule has 0 aromatic heterocycles. The first-order valence-corrected chi connectivity index (χ1v) is 30.0. The summed E-state index contributed by atoms with van der Waals surface area (Å²) in [5, 5.41) is 23.7. The predicted octanol–water partition coefficient (Wildman–Crippen LogP) is 10.9. The Balaban J connectivity index is 1.01. The first-order chi connectivity index (χ1) is 39.6. The Morgan fingerprint density at radius 1 is 0.651 bits per heavy atom. The van der Waals surface area contributed by atoms with Crippen molar-refractivity contribution in [3.8, 4) is 23.0 Å². The van der Waals surface area contributed by atoms with Gasteiger partial charge in [-0.25, -0.2) is 9.59 Å². The summed E-state index contributed by atoms with van der Waals surface area (Å²) in [7, 11) is 3.32. The van der Waals surface area contributed by atoms with E-state index >= 15 is 0 Å². The highest BCUT2D eigenvalue weighted by Gasteiger charge is 2.48. The fourth-order valence-corrected chi connectivity index (χ4v) is 12.3. The zero-order valence-electron chi connectivity index (χ0n) is 50.8. The highest BCUT2D eigenvalue weighted by Crippen LogP contribution is 2.49. The minimum atomic E-state index is -1.06. The normalized spacial score (nSPS) is 23.1. The van der Waals surface area contributed by atoms with Gasteiger partial charge in [0.1, 0.15) is 34.2 Å². The number of rotatable bonds is 23. The average molecular weight is 1150 g/mol. The molecule has 2 aromatic rings. The fraction of sp³-hybridized carbons (Fsp3) is 0.615. The van der Waals surface area contributed by atoms with E-state index in [1.54, 1.807) is 35.0 Å². The Hall–Kier alpha value is -6.21. The summed E-state index contributed by atoms with van der Waals surface area (Å²) in [5.74, 6) is 0.301. The Labute approximate surface area is 490 Å². The van der Waals surface area contributed by atoms with Crippen molar-refractivity contribution >= 4 is 30.5 Å². The molecule has 0 spiro atoms. The van der Waals surface area contributed by atoms with E-state index in [9.17, 15) is 34.2 Å². The second kappa shape index (κ2) is 27.7. The molecular weight excluding hydrogens is 1060 g/mol. The summed E-state index contributed by atoms with van der Waals surface area (Å²) in [4.78, 5) is 75.6. The molecule has 6 heterocycles. The van der Waals surface area contributed by atoms with Gasteiger partial charge in [-0.05, 0) is 151 Å². The number of nitrogens with zero attached hydrogens (tertiary/aromatic N) is 4. The first-order valence-electron chi connectivity index (χ1n) is 30.0. The van der Waals surface area contributed by atoms with Gasteiger partial charge in [-0.15, -0.1) is 0 Å². The predicted molar refractivity (Wildman–Crippen MR) is 314 cm³/mol. The summed E-state index contributed by atoms with van der Waals surface area (Å²) in [6.45, 7) is 18.7. The van der Waals surface area contributed by atoms with E-state index in [2.05, 4.69) is 65.8 Å². The summed E-state index contributed by atoms with van der Waals surface area (Å²) in [6, 6.07) is 3.14. The van der Waals surface area contributed by atoms with Crippen LogP contribution in [0.2, 0.25) is 0 Å². The molecule has 18 nitrogen and oxygen atoms in total. The van der Waals surface area contributed by atoms with Crippen LogP contribution in [-0.2, 0) is 44.9 Å². The van der Waals surface area contributed by atoms with Gasteiger partial charge in [0.15, 0.2) is 6.23 Å². The molecular formula is C65H90N4O14. The molecule has 6 aliphatic heterocycles. The maximum atomic E-state index is 14.7. The summed E-state index contributed by atoms with van der Waals surface area (Å²) in [6.07, 6.45) is 14.1. The number of fused-ring (bicyclic) bond motifs is 6. The lowest BCUT2D eigenvalue weighted by Crippen LogP contribution is -2.49.